The van der Waals surface area contributed by atoms with Crippen molar-refractivity contribution in [2.45, 2.75) is 24.9 Å². The maximum absolute atomic E-state index is 5.36. The van der Waals surface area contributed by atoms with Crippen LogP contribution in [0.3, 0.4) is 0 Å². The second kappa shape index (κ2) is 1.50. The summed E-state index contributed by atoms with van der Waals surface area (Å²) in [6, 6.07) is 0.726. The molecular weight excluding hydrogens is 114 g/mol. The van der Waals surface area contributed by atoms with Crippen LogP contribution in [0.4, 0.5) is 0 Å². The van der Waals surface area contributed by atoms with Gasteiger partial charge in [0, 0.05) is 11.6 Å². The lowest BCUT2D eigenvalue weighted by Gasteiger charge is -2.58. The van der Waals surface area contributed by atoms with Crippen LogP contribution in [0.5, 0.6) is 0 Å². The SMILES string of the molecule is CN1C2COCC1(C)C2. The molecule has 0 aromatic carbocycles. The second-order valence-electron chi connectivity index (χ2n) is 3.48. The fourth-order valence-corrected chi connectivity index (χ4v) is 1.86. The standard InChI is InChI=1S/C7H13NO/c1-7-3-6(8(7)2)4-9-5-7/h6H,3-5H2,1-2H3. The van der Waals surface area contributed by atoms with Gasteiger partial charge in [-0.25, -0.2) is 0 Å². The summed E-state index contributed by atoms with van der Waals surface area (Å²) < 4.78 is 5.36. The van der Waals surface area contributed by atoms with Crippen molar-refractivity contribution in [1.29, 1.82) is 0 Å². The predicted octanol–water partition coefficient (Wildman–Crippen LogP) is 0.479. The normalized spacial score (nSPS) is 50.7. The Morgan fingerprint density at radius 3 is 2.78 bits per heavy atom. The smallest absolute Gasteiger partial charge is 0.0649 e. The summed E-state index contributed by atoms with van der Waals surface area (Å²) in [5.74, 6) is 0. The van der Waals surface area contributed by atoms with Gasteiger partial charge < -0.3 is 4.74 Å². The molecule has 0 spiro atoms. The molecule has 2 unspecified atom stereocenters. The zero-order valence-corrected chi connectivity index (χ0v) is 6.05. The molecule has 3 aliphatic heterocycles. The number of hydrogen-bond donors (Lipinski definition) is 0. The lowest BCUT2D eigenvalue weighted by Crippen LogP contribution is -2.69. The lowest BCUT2D eigenvalue weighted by atomic mass is 9.79. The molecule has 9 heavy (non-hydrogen) atoms. The number of likely N-dealkylation sites (N-methyl/N-ethyl adjacent to an activating group) is 1. The van der Waals surface area contributed by atoms with E-state index in [1.165, 1.54) is 6.42 Å². The molecule has 3 heterocycles. The van der Waals surface area contributed by atoms with Crippen molar-refractivity contribution in [2.75, 3.05) is 20.3 Å². The van der Waals surface area contributed by atoms with Crippen LogP contribution >= 0.6 is 0 Å². The van der Waals surface area contributed by atoms with Gasteiger partial charge in [-0.3, -0.25) is 4.90 Å². The Kier molecular flexibility index (Phi) is 0.945. The van der Waals surface area contributed by atoms with E-state index in [0.29, 0.717) is 5.54 Å². The summed E-state index contributed by atoms with van der Waals surface area (Å²) >= 11 is 0. The van der Waals surface area contributed by atoms with Crippen LogP contribution in [0, 0.1) is 0 Å². The highest BCUT2D eigenvalue weighted by atomic mass is 16.5. The third-order valence-corrected chi connectivity index (χ3v) is 2.80. The number of hydrogen-bond acceptors (Lipinski definition) is 2. The van der Waals surface area contributed by atoms with Gasteiger partial charge in [-0.2, -0.15) is 0 Å². The van der Waals surface area contributed by atoms with Crippen LogP contribution in [-0.2, 0) is 4.74 Å². The zero-order chi connectivity index (χ0) is 6.48. The highest BCUT2D eigenvalue weighted by Gasteiger charge is 2.49. The van der Waals surface area contributed by atoms with Crippen LogP contribution < -0.4 is 0 Å². The Morgan fingerprint density at radius 1 is 1.67 bits per heavy atom. The van der Waals surface area contributed by atoms with E-state index in [-0.39, 0.29) is 0 Å². The van der Waals surface area contributed by atoms with Crippen LogP contribution in [0.15, 0.2) is 0 Å². The van der Waals surface area contributed by atoms with Crippen LogP contribution in [0.2, 0.25) is 0 Å². The van der Waals surface area contributed by atoms with E-state index < -0.39 is 0 Å². The minimum atomic E-state index is 0.392. The van der Waals surface area contributed by atoms with E-state index in [1.807, 2.05) is 0 Å². The number of fused-ring (bicyclic) bond motifs is 2. The molecule has 3 saturated heterocycles. The Balaban J connectivity index is 2.13. The molecule has 0 aliphatic carbocycles. The van der Waals surface area contributed by atoms with E-state index in [9.17, 15) is 0 Å². The van der Waals surface area contributed by atoms with Crippen molar-refractivity contribution >= 4 is 0 Å². The van der Waals surface area contributed by atoms with Gasteiger partial charge in [0.2, 0.25) is 0 Å². The first-order chi connectivity index (χ1) is 4.22. The fourth-order valence-electron chi connectivity index (χ4n) is 1.86. The minimum absolute atomic E-state index is 0.392. The second-order valence-corrected chi connectivity index (χ2v) is 3.48. The lowest BCUT2D eigenvalue weighted by molar-refractivity contribution is -0.169. The Labute approximate surface area is 55.8 Å². The van der Waals surface area contributed by atoms with Crippen molar-refractivity contribution in [2.24, 2.45) is 0 Å². The third kappa shape index (κ3) is 0.578. The average molecular weight is 127 g/mol. The summed E-state index contributed by atoms with van der Waals surface area (Å²) in [6.07, 6.45) is 1.34. The molecule has 3 fully saturated rings. The highest BCUT2D eigenvalue weighted by Crippen LogP contribution is 2.38. The molecule has 2 nitrogen and oxygen atoms in total. The zero-order valence-electron chi connectivity index (χ0n) is 6.05. The van der Waals surface area contributed by atoms with Crippen LogP contribution in [0.25, 0.3) is 0 Å². The van der Waals surface area contributed by atoms with Crippen molar-refractivity contribution in [3.63, 3.8) is 0 Å². The quantitative estimate of drug-likeness (QED) is 0.469. The molecule has 0 radical (unpaired) electrons. The first-order valence-electron chi connectivity index (χ1n) is 3.53. The van der Waals surface area contributed by atoms with Gasteiger partial charge in [0.05, 0.1) is 13.2 Å². The molecule has 2 heteroatoms. The number of nitrogens with zero attached hydrogens (tertiary/aromatic N) is 1. The molecule has 0 aromatic heterocycles. The number of rotatable bonds is 0. The van der Waals surface area contributed by atoms with Gasteiger partial charge in [0.25, 0.3) is 0 Å². The van der Waals surface area contributed by atoms with Gasteiger partial charge in [0.15, 0.2) is 0 Å². The Morgan fingerprint density at radius 2 is 2.44 bits per heavy atom. The van der Waals surface area contributed by atoms with Crippen molar-refractivity contribution in [1.82, 2.24) is 4.90 Å². The number of morpholine rings is 1. The summed E-state index contributed by atoms with van der Waals surface area (Å²) in [7, 11) is 2.19. The first kappa shape index (κ1) is 5.69. The van der Waals surface area contributed by atoms with E-state index in [0.717, 1.165) is 19.3 Å². The predicted molar refractivity (Wildman–Crippen MR) is 35.4 cm³/mol. The van der Waals surface area contributed by atoms with Gasteiger partial charge in [-0.15, -0.1) is 0 Å². The molecular formula is C7H13NO. The monoisotopic (exact) mass is 127 g/mol. The minimum Gasteiger partial charge on any atom is -0.378 e. The molecule has 52 valence electrons. The summed E-state index contributed by atoms with van der Waals surface area (Å²) in [4.78, 5) is 2.43. The van der Waals surface area contributed by atoms with E-state index in [4.69, 9.17) is 4.74 Å². The van der Waals surface area contributed by atoms with E-state index in [2.05, 4.69) is 18.9 Å². The molecule has 0 aromatic rings. The molecule has 3 rings (SSSR count). The maximum Gasteiger partial charge on any atom is 0.0649 e. The van der Waals surface area contributed by atoms with E-state index in [1.54, 1.807) is 0 Å². The molecule has 0 N–H and O–H groups in total. The summed E-state index contributed by atoms with van der Waals surface area (Å²) in [5.41, 5.74) is 0.392. The first-order valence-corrected chi connectivity index (χ1v) is 3.53. The Bertz CT molecular complexity index is 133. The topological polar surface area (TPSA) is 12.5 Å². The third-order valence-electron chi connectivity index (χ3n) is 2.80. The molecule has 2 bridgehead atoms. The highest BCUT2D eigenvalue weighted by molar-refractivity contribution is 5.04. The van der Waals surface area contributed by atoms with Crippen molar-refractivity contribution < 1.29 is 4.74 Å². The van der Waals surface area contributed by atoms with Gasteiger partial charge in [0.1, 0.15) is 0 Å². The van der Waals surface area contributed by atoms with E-state index >= 15 is 0 Å². The molecule has 3 aliphatic rings. The summed E-state index contributed by atoms with van der Waals surface area (Å²) in [5, 5.41) is 0. The molecule has 2 atom stereocenters. The van der Waals surface area contributed by atoms with Crippen molar-refractivity contribution in [3.05, 3.63) is 0 Å². The number of ether oxygens (including phenoxy) is 1. The molecule has 0 amide bonds. The Hall–Kier alpha value is -0.0800. The van der Waals surface area contributed by atoms with Gasteiger partial charge >= 0.3 is 0 Å². The van der Waals surface area contributed by atoms with Gasteiger partial charge in [-0.05, 0) is 20.4 Å². The fraction of sp³-hybridized carbons (Fsp3) is 1.00. The summed E-state index contributed by atoms with van der Waals surface area (Å²) in [6.45, 7) is 4.15. The van der Waals surface area contributed by atoms with Crippen LogP contribution in [-0.4, -0.2) is 36.7 Å². The average Bonchev–Trinajstić information content (AvgIpc) is 1.88. The molecule has 0 saturated carbocycles. The van der Waals surface area contributed by atoms with Crippen LogP contribution in [0.1, 0.15) is 13.3 Å². The maximum atomic E-state index is 5.36. The van der Waals surface area contributed by atoms with Crippen molar-refractivity contribution in [3.8, 4) is 0 Å². The largest absolute Gasteiger partial charge is 0.378 e. The van der Waals surface area contributed by atoms with Gasteiger partial charge in [-0.1, -0.05) is 0 Å².